The zero-order valence-corrected chi connectivity index (χ0v) is 19.8. The number of anilines is 1. The van der Waals surface area contributed by atoms with E-state index in [4.69, 9.17) is 17.3 Å². The Morgan fingerprint density at radius 2 is 2.12 bits per heavy atom. The molecule has 0 fully saturated rings. The second-order valence-corrected chi connectivity index (χ2v) is 8.71. The van der Waals surface area contributed by atoms with Crippen molar-refractivity contribution in [2.75, 3.05) is 18.9 Å². The number of aliphatic hydroxyl groups excluding tert-OH is 1. The molecule has 0 saturated heterocycles. The third-order valence-corrected chi connectivity index (χ3v) is 6.34. The highest BCUT2D eigenvalue weighted by atomic mass is 35.5. The lowest BCUT2D eigenvalue weighted by Crippen LogP contribution is -2.44. The van der Waals surface area contributed by atoms with Crippen molar-refractivity contribution in [3.05, 3.63) is 77.4 Å². The van der Waals surface area contributed by atoms with E-state index < -0.39 is 12.0 Å². The molecule has 1 aliphatic rings. The number of hydrogen-bond donors (Lipinski definition) is 4. The van der Waals surface area contributed by atoms with Gasteiger partial charge in [-0.3, -0.25) is 10.00 Å². The van der Waals surface area contributed by atoms with Gasteiger partial charge in [-0.25, -0.2) is 9.37 Å². The molecule has 0 spiro atoms. The smallest absolute Gasteiger partial charge is 0.134 e. The number of nitrogens with zero attached hydrogens (tertiary/aromatic N) is 3. The lowest BCUT2D eigenvalue weighted by molar-refractivity contribution is 0.112. The van der Waals surface area contributed by atoms with Crippen molar-refractivity contribution in [1.82, 2.24) is 20.1 Å². The number of benzene rings is 1. The van der Waals surface area contributed by atoms with Gasteiger partial charge >= 0.3 is 0 Å². The van der Waals surface area contributed by atoms with Crippen LogP contribution in [0.4, 0.5) is 10.2 Å². The van der Waals surface area contributed by atoms with Gasteiger partial charge in [0.2, 0.25) is 0 Å². The molecule has 0 bridgehead atoms. The minimum atomic E-state index is -1.22. The molecule has 9 heteroatoms. The van der Waals surface area contributed by atoms with Crippen molar-refractivity contribution < 1.29 is 9.50 Å². The Hall–Kier alpha value is -3.04. The van der Waals surface area contributed by atoms with Crippen LogP contribution in [0.2, 0.25) is 0 Å². The van der Waals surface area contributed by atoms with Gasteiger partial charge in [0.15, 0.2) is 0 Å². The number of aryl methyl sites for hydroxylation is 1. The van der Waals surface area contributed by atoms with Crippen molar-refractivity contribution in [2.45, 2.75) is 18.7 Å². The molecule has 0 aliphatic heterocycles. The van der Waals surface area contributed by atoms with Crippen molar-refractivity contribution in [1.29, 1.82) is 0 Å². The summed E-state index contributed by atoms with van der Waals surface area (Å²) in [5.74, 6) is 0.103. The van der Waals surface area contributed by atoms with Crippen LogP contribution in [0.15, 0.2) is 66.0 Å². The molecule has 0 saturated carbocycles. The number of aromatic nitrogens is 3. The van der Waals surface area contributed by atoms with E-state index in [1.807, 2.05) is 37.4 Å². The van der Waals surface area contributed by atoms with Crippen LogP contribution in [0.25, 0.3) is 22.4 Å². The highest BCUT2D eigenvalue weighted by Gasteiger charge is 2.24. The molecular formula is C25H28ClFN6O. The van der Waals surface area contributed by atoms with Gasteiger partial charge in [0, 0.05) is 60.8 Å². The Balaban J connectivity index is 1.59. The molecule has 3 aromatic rings. The van der Waals surface area contributed by atoms with Crippen LogP contribution in [0.3, 0.4) is 0 Å². The molecule has 34 heavy (non-hydrogen) atoms. The molecular weight excluding hydrogens is 455 g/mol. The summed E-state index contributed by atoms with van der Waals surface area (Å²) in [6.07, 6.45) is 8.55. The SMILES string of the molecule is CNc1ncc(-c2ccnn2C)cc1-c1ccc(C(O)N[C@H](CN)[C@@H]2C=CC=C(Cl)C2)c(F)c1. The Kier molecular flexibility index (Phi) is 7.43. The Morgan fingerprint density at radius 3 is 2.76 bits per heavy atom. The van der Waals surface area contributed by atoms with Gasteiger partial charge in [-0.15, -0.1) is 0 Å². The summed E-state index contributed by atoms with van der Waals surface area (Å²) in [6, 6.07) is 8.33. The normalized spacial score (nSPS) is 17.4. The fourth-order valence-corrected chi connectivity index (χ4v) is 4.45. The first-order valence-electron chi connectivity index (χ1n) is 11.0. The zero-order chi connectivity index (χ0) is 24.2. The number of nitrogens with two attached hydrogens (primary N) is 1. The molecule has 178 valence electrons. The monoisotopic (exact) mass is 482 g/mol. The van der Waals surface area contributed by atoms with Crippen LogP contribution < -0.4 is 16.4 Å². The number of pyridine rings is 1. The van der Waals surface area contributed by atoms with Crippen molar-refractivity contribution in [3.8, 4) is 22.4 Å². The van der Waals surface area contributed by atoms with E-state index in [0.717, 1.165) is 21.9 Å². The van der Waals surface area contributed by atoms with Crippen LogP contribution >= 0.6 is 11.6 Å². The number of rotatable bonds is 8. The first kappa shape index (κ1) is 24.1. The number of aliphatic hydroxyl groups is 1. The van der Waals surface area contributed by atoms with Crippen LogP contribution in [-0.2, 0) is 7.05 Å². The molecule has 7 nitrogen and oxygen atoms in total. The number of halogens is 2. The standard InChI is InChI=1S/C25H28ClFN6O/c1-29-24-20(11-17(14-30-24)23-8-9-31-33(23)2)15-6-7-19(21(27)12-15)25(34)32-22(13-28)16-4-3-5-18(26)10-16/h3-9,11-12,14,16,22,25,32,34H,10,13,28H2,1-2H3,(H,29,30)/t16-,22-,25?/m1/s1. The first-order chi connectivity index (χ1) is 16.4. The van der Waals surface area contributed by atoms with E-state index >= 15 is 4.39 Å². The summed E-state index contributed by atoms with van der Waals surface area (Å²) in [6.45, 7) is 0.272. The third-order valence-electron chi connectivity index (χ3n) is 6.06. The average Bonchev–Trinajstić information content (AvgIpc) is 3.27. The van der Waals surface area contributed by atoms with Gasteiger partial charge in [0.05, 0.1) is 5.69 Å². The molecule has 2 aromatic heterocycles. The van der Waals surface area contributed by atoms with Crippen LogP contribution in [-0.4, -0.2) is 39.5 Å². The molecule has 1 aliphatic carbocycles. The van der Waals surface area contributed by atoms with E-state index in [9.17, 15) is 5.11 Å². The Labute approximate surface area is 203 Å². The maximum atomic E-state index is 15.2. The van der Waals surface area contributed by atoms with Gasteiger partial charge in [-0.1, -0.05) is 35.9 Å². The summed E-state index contributed by atoms with van der Waals surface area (Å²) >= 11 is 6.15. The van der Waals surface area contributed by atoms with Gasteiger partial charge < -0.3 is 16.2 Å². The van der Waals surface area contributed by atoms with Crippen molar-refractivity contribution in [3.63, 3.8) is 0 Å². The van der Waals surface area contributed by atoms with E-state index in [-0.39, 0.29) is 24.1 Å². The maximum Gasteiger partial charge on any atom is 0.134 e. The summed E-state index contributed by atoms with van der Waals surface area (Å²) in [4.78, 5) is 4.49. The molecule has 5 N–H and O–H groups in total. The Morgan fingerprint density at radius 1 is 1.29 bits per heavy atom. The predicted octanol–water partition coefficient (Wildman–Crippen LogP) is 3.94. The highest BCUT2D eigenvalue weighted by Crippen LogP contribution is 2.33. The summed E-state index contributed by atoms with van der Waals surface area (Å²) in [5.41, 5.74) is 9.20. The topological polar surface area (TPSA) is 101 Å². The predicted molar refractivity (Wildman–Crippen MR) is 134 cm³/mol. The lowest BCUT2D eigenvalue weighted by Gasteiger charge is -2.28. The molecule has 4 rings (SSSR count). The largest absolute Gasteiger partial charge is 0.374 e. The van der Waals surface area contributed by atoms with Gasteiger partial charge in [-0.2, -0.15) is 5.10 Å². The van der Waals surface area contributed by atoms with Crippen LogP contribution in [0.5, 0.6) is 0 Å². The second kappa shape index (κ2) is 10.5. The molecule has 0 amide bonds. The Bertz CT molecular complexity index is 1220. The van der Waals surface area contributed by atoms with E-state index in [0.29, 0.717) is 17.8 Å². The summed E-state index contributed by atoms with van der Waals surface area (Å²) < 4.78 is 16.9. The summed E-state index contributed by atoms with van der Waals surface area (Å²) in [5, 5.41) is 21.8. The fraction of sp³-hybridized carbons (Fsp3) is 0.280. The quantitative estimate of drug-likeness (QED) is 0.363. The van der Waals surface area contributed by atoms with E-state index in [1.54, 1.807) is 36.3 Å². The average molecular weight is 483 g/mol. The minimum absolute atomic E-state index is 0.0125. The lowest BCUT2D eigenvalue weighted by atomic mass is 9.92. The van der Waals surface area contributed by atoms with Crippen LogP contribution in [0, 0.1) is 11.7 Å². The minimum Gasteiger partial charge on any atom is -0.374 e. The molecule has 0 radical (unpaired) electrons. The van der Waals surface area contributed by atoms with E-state index in [2.05, 4.69) is 20.7 Å². The molecule has 3 atom stereocenters. The van der Waals surface area contributed by atoms with Gasteiger partial charge in [0.25, 0.3) is 0 Å². The van der Waals surface area contributed by atoms with Crippen LogP contribution in [0.1, 0.15) is 18.2 Å². The first-order valence-corrected chi connectivity index (χ1v) is 11.4. The summed E-state index contributed by atoms with van der Waals surface area (Å²) in [7, 11) is 3.62. The number of hydrogen-bond acceptors (Lipinski definition) is 6. The molecule has 1 aromatic carbocycles. The maximum absolute atomic E-state index is 15.2. The number of nitrogens with one attached hydrogen (secondary N) is 2. The molecule has 2 heterocycles. The zero-order valence-electron chi connectivity index (χ0n) is 19.0. The van der Waals surface area contributed by atoms with Crippen molar-refractivity contribution >= 4 is 17.4 Å². The van der Waals surface area contributed by atoms with Crippen molar-refractivity contribution in [2.24, 2.45) is 18.7 Å². The van der Waals surface area contributed by atoms with Gasteiger partial charge in [-0.05, 0) is 42.2 Å². The van der Waals surface area contributed by atoms with E-state index in [1.165, 1.54) is 6.07 Å². The second-order valence-electron chi connectivity index (χ2n) is 8.22. The van der Waals surface area contributed by atoms with Gasteiger partial charge in [0.1, 0.15) is 17.9 Å². The highest BCUT2D eigenvalue weighted by molar-refractivity contribution is 6.29. The third kappa shape index (κ3) is 5.05. The fourth-order valence-electron chi connectivity index (χ4n) is 4.20. The molecule has 1 unspecified atom stereocenters. The number of allylic oxidation sites excluding steroid dienone is 3.